The fourth-order valence-corrected chi connectivity index (χ4v) is 2.54. The van der Waals surface area contributed by atoms with Crippen molar-refractivity contribution >= 4 is 40.3 Å². The molecule has 2 heterocycles. The molecule has 7 heteroatoms. The van der Waals surface area contributed by atoms with Crippen LogP contribution in [-0.4, -0.2) is 22.6 Å². The average Bonchev–Trinajstić information content (AvgIpc) is 2.60. The van der Waals surface area contributed by atoms with E-state index in [4.69, 9.17) is 7.85 Å². The van der Waals surface area contributed by atoms with Gasteiger partial charge in [-0.15, -0.1) is 0 Å². The third kappa shape index (κ3) is 2.34. The van der Waals surface area contributed by atoms with Crippen LogP contribution in [-0.2, 0) is 7.05 Å². The number of pyridine rings is 1. The Morgan fingerprint density at radius 2 is 2.25 bits per heavy atom. The molecule has 0 fully saturated rings. The molecule has 2 radical (unpaired) electrons. The molecule has 1 aliphatic rings. The van der Waals surface area contributed by atoms with Gasteiger partial charge in [0.25, 0.3) is 5.56 Å². The van der Waals surface area contributed by atoms with Crippen LogP contribution in [0.2, 0.25) is 0 Å². The zero-order valence-electron chi connectivity index (χ0n) is 8.94. The molecule has 0 bridgehead atoms. The number of aromatic nitrogens is 1. The molecule has 0 unspecified atom stereocenters. The fourth-order valence-electron chi connectivity index (χ4n) is 1.33. The van der Waals surface area contributed by atoms with Gasteiger partial charge in [-0.2, -0.15) is 3.15 Å². The SMILES string of the molecule is [B]c1cc(NC2=CN(C)I=N2)c(=O)n(C)c1. The van der Waals surface area contributed by atoms with Crippen molar-refractivity contribution in [2.45, 2.75) is 0 Å². The Morgan fingerprint density at radius 3 is 2.88 bits per heavy atom. The Morgan fingerprint density at radius 1 is 1.50 bits per heavy atom. The topological polar surface area (TPSA) is 49.6 Å². The molecule has 1 aromatic rings. The number of nitrogens with zero attached hydrogens (tertiary/aromatic N) is 3. The molecule has 1 N–H and O–H groups in total. The summed E-state index contributed by atoms with van der Waals surface area (Å²) in [7, 11) is 9.31. The van der Waals surface area contributed by atoms with E-state index < -0.39 is 0 Å². The van der Waals surface area contributed by atoms with Gasteiger partial charge in [0.05, 0.1) is 6.20 Å². The van der Waals surface area contributed by atoms with Gasteiger partial charge in [-0.1, -0.05) is 5.46 Å². The smallest absolute Gasteiger partial charge is 0.273 e. The summed E-state index contributed by atoms with van der Waals surface area (Å²) in [6, 6.07) is 1.62. The van der Waals surface area contributed by atoms with E-state index in [1.54, 1.807) is 19.3 Å². The lowest BCUT2D eigenvalue weighted by atomic mass is 9.98. The molecule has 0 saturated heterocycles. The van der Waals surface area contributed by atoms with Crippen LogP contribution in [0.4, 0.5) is 5.69 Å². The quantitative estimate of drug-likeness (QED) is 0.486. The molecule has 0 aromatic carbocycles. The molecule has 1 aliphatic heterocycles. The second-order valence-corrected chi connectivity index (χ2v) is 5.86. The molecule has 16 heavy (non-hydrogen) atoms. The number of halogens is 1. The summed E-state index contributed by atoms with van der Waals surface area (Å²) < 4.78 is 7.79. The molecule has 0 aliphatic carbocycles. The van der Waals surface area contributed by atoms with E-state index in [1.165, 1.54) is 4.57 Å². The molecular weight excluding hydrogens is 318 g/mol. The van der Waals surface area contributed by atoms with E-state index in [0.29, 0.717) is 11.2 Å². The Hall–Kier alpha value is -1.12. The lowest BCUT2D eigenvalue weighted by Gasteiger charge is -2.07. The van der Waals surface area contributed by atoms with Crippen molar-refractivity contribution in [3.8, 4) is 0 Å². The van der Waals surface area contributed by atoms with E-state index >= 15 is 0 Å². The second-order valence-electron chi connectivity index (χ2n) is 3.43. The van der Waals surface area contributed by atoms with E-state index in [0.717, 1.165) is 5.82 Å². The predicted molar refractivity (Wildman–Crippen MR) is 73.0 cm³/mol. The fraction of sp³-hybridized carbons (Fsp3) is 0.222. The minimum Gasteiger partial charge on any atom is -0.334 e. The predicted octanol–water partition coefficient (Wildman–Crippen LogP) is 0.405. The summed E-state index contributed by atoms with van der Waals surface area (Å²) in [6.07, 6.45) is 3.47. The van der Waals surface area contributed by atoms with Crippen LogP contribution < -0.4 is 16.3 Å². The van der Waals surface area contributed by atoms with Crippen LogP contribution in [0.25, 0.3) is 0 Å². The van der Waals surface area contributed by atoms with Gasteiger partial charge in [-0.25, -0.2) is 0 Å². The molecule has 0 atom stereocenters. The minimum atomic E-state index is -0.322. The van der Waals surface area contributed by atoms with Crippen LogP contribution in [0.15, 0.2) is 32.2 Å². The maximum atomic E-state index is 11.8. The number of aryl methyl sites for hydroxylation is 1. The van der Waals surface area contributed by atoms with E-state index in [-0.39, 0.29) is 26.9 Å². The summed E-state index contributed by atoms with van der Waals surface area (Å²) in [4.78, 5) is 11.8. The van der Waals surface area contributed by atoms with Gasteiger partial charge < -0.3 is 13.0 Å². The van der Waals surface area contributed by atoms with E-state index in [9.17, 15) is 4.79 Å². The Balaban J connectivity index is 2.32. The van der Waals surface area contributed by atoms with Crippen molar-refractivity contribution in [2.24, 2.45) is 10.2 Å². The Bertz CT molecular complexity index is 537. The number of hydrogen-bond acceptors (Lipinski definition) is 4. The van der Waals surface area contributed by atoms with Gasteiger partial charge in [-0.05, 0) is 12.3 Å². The first kappa shape index (κ1) is 11.4. The molecular formula is C9H10BIN4O. The van der Waals surface area contributed by atoms with Gasteiger partial charge in [0.15, 0.2) is 5.82 Å². The van der Waals surface area contributed by atoms with Crippen LogP contribution in [0, 0.1) is 0 Å². The maximum absolute atomic E-state index is 11.8. The standard InChI is InChI=1S/C9H10BIN4O/c1-14-4-6(10)3-7(9(14)16)12-8-5-15(2)11-13-8/h3-5,12H,1-2H3. The first-order chi connectivity index (χ1) is 7.56. The van der Waals surface area contributed by atoms with Crippen LogP contribution >= 0.6 is 21.3 Å². The summed E-state index contributed by atoms with van der Waals surface area (Å²) in [5.74, 6) is 0.720. The highest BCUT2D eigenvalue weighted by Gasteiger charge is 2.08. The zero-order valence-corrected chi connectivity index (χ0v) is 11.1. The van der Waals surface area contributed by atoms with E-state index in [1.807, 2.05) is 16.4 Å². The van der Waals surface area contributed by atoms with Crippen molar-refractivity contribution in [1.82, 2.24) is 7.68 Å². The number of rotatable bonds is 2. The molecule has 1 aromatic heterocycles. The van der Waals surface area contributed by atoms with Crippen molar-refractivity contribution < 1.29 is 0 Å². The van der Waals surface area contributed by atoms with Crippen molar-refractivity contribution in [2.75, 3.05) is 12.4 Å². The summed E-state index contributed by atoms with van der Waals surface area (Å²) in [6.45, 7) is 0. The molecule has 0 spiro atoms. The third-order valence-electron chi connectivity index (χ3n) is 2.02. The average molecular weight is 328 g/mol. The lowest BCUT2D eigenvalue weighted by Crippen LogP contribution is -2.25. The molecule has 0 saturated carbocycles. The lowest BCUT2D eigenvalue weighted by molar-refractivity contribution is 0.828. The Labute approximate surface area is 105 Å². The van der Waals surface area contributed by atoms with Crippen LogP contribution in [0.1, 0.15) is 0 Å². The monoisotopic (exact) mass is 328 g/mol. The van der Waals surface area contributed by atoms with Gasteiger partial charge in [0.1, 0.15) is 34.8 Å². The van der Waals surface area contributed by atoms with E-state index in [2.05, 4.69) is 8.46 Å². The Kier molecular flexibility index (Phi) is 3.13. The molecule has 0 amide bonds. The summed E-state index contributed by atoms with van der Waals surface area (Å²) in [5, 5.41) is 2.99. The number of nitrogens with one attached hydrogen (secondary N) is 1. The highest BCUT2D eigenvalue weighted by molar-refractivity contribution is 14.1. The molecule has 2 rings (SSSR count). The van der Waals surface area contributed by atoms with Crippen LogP contribution in [0.3, 0.4) is 0 Å². The third-order valence-corrected chi connectivity index (χ3v) is 3.71. The van der Waals surface area contributed by atoms with Gasteiger partial charge in [-0.3, -0.25) is 4.79 Å². The minimum absolute atomic E-state index is 0.113. The largest absolute Gasteiger partial charge is 0.334 e. The zero-order chi connectivity index (χ0) is 11.7. The molecule has 5 nitrogen and oxygen atoms in total. The first-order valence-corrected chi connectivity index (χ1v) is 6.52. The normalized spacial score (nSPS) is 14.6. The summed E-state index contributed by atoms with van der Waals surface area (Å²) >= 11 is -0.322. The first-order valence-electron chi connectivity index (χ1n) is 4.59. The highest BCUT2D eigenvalue weighted by Crippen LogP contribution is 2.21. The van der Waals surface area contributed by atoms with Gasteiger partial charge >= 0.3 is 0 Å². The van der Waals surface area contributed by atoms with Crippen molar-refractivity contribution in [1.29, 1.82) is 0 Å². The van der Waals surface area contributed by atoms with Crippen molar-refractivity contribution in [3.05, 3.63) is 34.6 Å². The number of hydrogen-bond donors (Lipinski definition) is 1. The highest BCUT2D eigenvalue weighted by atomic mass is 127. The van der Waals surface area contributed by atoms with Gasteiger partial charge in [0.2, 0.25) is 0 Å². The number of anilines is 1. The van der Waals surface area contributed by atoms with Gasteiger partial charge in [0, 0.05) is 14.1 Å². The molecule has 82 valence electrons. The second kappa shape index (κ2) is 4.40. The van der Waals surface area contributed by atoms with Crippen molar-refractivity contribution in [3.63, 3.8) is 0 Å². The maximum Gasteiger partial charge on any atom is 0.273 e. The van der Waals surface area contributed by atoms with Crippen LogP contribution in [0.5, 0.6) is 0 Å². The summed E-state index contributed by atoms with van der Waals surface area (Å²) in [5.41, 5.74) is 0.890.